The molecule has 74 valence electrons. The maximum absolute atomic E-state index is 5.95. The van der Waals surface area contributed by atoms with Crippen LogP contribution in [0.25, 0.3) is 0 Å². The highest BCUT2D eigenvalue weighted by Crippen LogP contribution is 2.20. The molecule has 2 atom stereocenters. The van der Waals surface area contributed by atoms with E-state index in [1.807, 2.05) is 0 Å². The summed E-state index contributed by atoms with van der Waals surface area (Å²) < 4.78 is 0. The third-order valence-corrected chi connectivity index (χ3v) is 2.95. The standard InChI is InChI=1S/C8H14Cl4/c1-2-6(9)3-4-7(10)5-8(11)12/h6-8H,2-5H2,1H3. The van der Waals surface area contributed by atoms with Crippen LogP contribution in [0, 0.1) is 0 Å². The van der Waals surface area contributed by atoms with Gasteiger partial charge in [0.05, 0.1) is 0 Å². The Morgan fingerprint density at radius 1 is 0.917 bits per heavy atom. The molecule has 0 saturated heterocycles. The number of hydrogen-bond acceptors (Lipinski definition) is 0. The van der Waals surface area contributed by atoms with Crippen molar-refractivity contribution in [2.75, 3.05) is 0 Å². The normalized spacial score (nSPS) is 16.5. The summed E-state index contributed by atoms with van der Waals surface area (Å²) in [6, 6.07) is 0. The summed E-state index contributed by atoms with van der Waals surface area (Å²) in [6.45, 7) is 2.06. The molecule has 0 saturated carbocycles. The Morgan fingerprint density at radius 2 is 1.42 bits per heavy atom. The highest BCUT2D eigenvalue weighted by Gasteiger charge is 2.11. The summed E-state index contributed by atoms with van der Waals surface area (Å²) in [7, 11) is 0. The van der Waals surface area contributed by atoms with Crippen molar-refractivity contribution in [1.29, 1.82) is 0 Å². The molecule has 0 aromatic heterocycles. The van der Waals surface area contributed by atoms with E-state index in [1.165, 1.54) is 0 Å². The molecule has 0 aliphatic heterocycles. The molecule has 0 spiro atoms. The van der Waals surface area contributed by atoms with E-state index in [0.29, 0.717) is 6.42 Å². The van der Waals surface area contributed by atoms with Crippen LogP contribution in [0.3, 0.4) is 0 Å². The van der Waals surface area contributed by atoms with Gasteiger partial charge in [-0.1, -0.05) is 6.92 Å². The van der Waals surface area contributed by atoms with E-state index in [4.69, 9.17) is 46.4 Å². The summed E-state index contributed by atoms with van der Waals surface area (Å²) in [5.74, 6) is 0. The van der Waals surface area contributed by atoms with Crippen molar-refractivity contribution < 1.29 is 0 Å². The highest BCUT2D eigenvalue weighted by atomic mass is 35.5. The molecule has 0 aliphatic rings. The Balaban J connectivity index is 3.36. The molecule has 0 rings (SSSR count). The first kappa shape index (κ1) is 13.2. The summed E-state index contributed by atoms with van der Waals surface area (Å²) >= 11 is 23.0. The van der Waals surface area contributed by atoms with E-state index in [-0.39, 0.29) is 15.6 Å². The maximum Gasteiger partial charge on any atom is 0.109 e. The topological polar surface area (TPSA) is 0 Å². The Labute approximate surface area is 94.5 Å². The van der Waals surface area contributed by atoms with Crippen LogP contribution in [0.15, 0.2) is 0 Å². The molecule has 0 heterocycles. The van der Waals surface area contributed by atoms with Crippen LogP contribution in [0.1, 0.15) is 32.6 Å². The van der Waals surface area contributed by atoms with Gasteiger partial charge in [0.25, 0.3) is 0 Å². The molecule has 0 aliphatic carbocycles. The lowest BCUT2D eigenvalue weighted by molar-refractivity contribution is 0.632. The van der Waals surface area contributed by atoms with Gasteiger partial charge in [0.1, 0.15) is 4.84 Å². The summed E-state index contributed by atoms with van der Waals surface area (Å²) in [6.07, 6.45) is 3.44. The van der Waals surface area contributed by atoms with Gasteiger partial charge in [-0.2, -0.15) is 0 Å². The molecule has 0 aromatic rings. The van der Waals surface area contributed by atoms with Crippen LogP contribution in [0.2, 0.25) is 0 Å². The first-order valence-corrected chi connectivity index (χ1v) is 5.87. The van der Waals surface area contributed by atoms with Gasteiger partial charge in [-0.25, -0.2) is 0 Å². The lowest BCUT2D eigenvalue weighted by atomic mass is 10.1. The van der Waals surface area contributed by atoms with Crippen molar-refractivity contribution in [3.05, 3.63) is 0 Å². The van der Waals surface area contributed by atoms with E-state index in [2.05, 4.69) is 6.92 Å². The van der Waals surface area contributed by atoms with Gasteiger partial charge in [0.2, 0.25) is 0 Å². The van der Waals surface area contributed by atoms with Crippen LogP contribution < -0.4 is 0 Å². The third kappa shape index (κ3) is 7.79. The largest absolute Gasteiger partial charge is 0.123 e. The zero-order valence-corrected chi connectivity index (χ0v) is 10.1. The molecule has 0 amide bonds. The average molecular weight is 252 g/mol. The minimum absolute atomic E-state index is 0.0535. The zero-order valence-electron chi connectivity index (χ0n) is 7.07. The summed E-state index contributed by atoms with van der Waals surface area (Å²) in [5, 5.41) is 0.285. The molecular weight excluding hydrogens is 238 g/mol. The molecule has 0 bridgehead atoms. The fourth-order valence-electron chi connectivity index (χ4n) is 0.877. The fourth-order valence-corrected chi connectivity index (χ4v) is 1.92. The lowest BCUT2D eigenvalue weighted by Crippen LogP contribution is -2.07. The Morgan fingerprint density at radius 3 is 1.83 bits per heavy atom. The second-order valence-electron chi connectivity index (χ2n) is 2.81. The number of halogens is 4. The molecule has 0 N–H and O–H groups in total. The smallest absolute Gasteiger partial charge is 0.109 e. The molecular formula is C8H14Cl4. The average Bonchev–Trinajstić information content (AvgIpc) is 1.99. The molecule has 0 fully saturated rings. The van der Waals surface area contributed by atoms with E-state index in [1.54, 1.807) is 0 Å². The number of alkyl halides is 4. The van der Waals surface area contributed by atoms with Gasteiger partial charge < -0.3 is 0 Å². The lowest BCUT2D eigenvalue weighted by Gasteiger charge is -2.11. The van der Waals surface area contributed by atoms with E-state index < -0.39 is 0 Å². The van der Waals surface area contributed by atoms with Crippen LogP contribution >= 0.6 is 46.4 Å². The maximum atomic E-state index is 5.95. The monoisotopic (exact) mass is 250 g/mol. The first-order chi connectivity index (χ1) is 5.56. The van der Waals surface area contributed by atoms with Crippen molar-refractivity contribution in [2.45, 2.75) is 48.2 Å². The van der Waals surface area contributed by atoms with Gasteiger partial charge in [0.15, 0.2) is 0 Å². The minimum Gasteiger partial charge on any atom is -0.123 e. The van der Waals surface area contributed by atoms with E-state index >= 15 is 0 Å². The molecule has 2 unspecified atom stereocenters. The predicted molar refractivity (Wildman–Crippen MR) is 58.9 cm³/mol. The van der Waals surface area contributed by atoms with Crippen LogP contribution in [-0.4, -0.2) is 15.6 Å². The van der Waals surface area contributed by atoms with Crippen LogP contribution in [-0.2, 0) is 0 Å². The first-order valence-electron chi connectivity index (χ1n) is 4.12. The van der Waals surface area contributed by atoms with Crippen molar-refractivity contribution in [3.63, 3.8) is 0 Å². The predicted octanol–water partition coefficient (Wildman–Crippen LogP) is 4.59. The fraction of sp³-hybridized carbons (Fsp3) is 1.00. The Kier molecular flexibility index (Phi) is 8.28. The third-order valence-electron chi connectivity index (χ3n) is 1.67. The molecule has 4 heteroatoms. The van der Waals surface area contributed by atoms with Crippen LogP contribution in [0.5, 0.6) is 0 Å². The number of rotatable bonds is 6. The second-order valence-corrected chi connectivity index (χ2v) is 5.32. The highest BCUT2D eigenvalue weighted by molar-refractivity contribution is 6.44. The van der Waals surface area contributed by atoms with Crippen molar-refractivity contribution in [3.8, 4) is 0 Å². The quantitative estimate of drug-likeness (QED) is 0.606. The van der Waals surface area contributed by atoms with Crippen LogP contribution in [0.4, 0.5) is 0 Å². The molecule has 0 nitrogen and oxygen atoms in total. The molecule has 0 radical (unpaired) electrons. The summed E-state index contributed by atoms with van der Waals surface area (Å²) in [5.41, 5.74) is 0. The van der Waals surface area contributed by atoms with Crippen molar-refractivity contribution in [1.82, 2.24) is 0 Å². The SMILES string of the molecule is CCC(Cl)CCC(Cl)CC(Cl)Cl. The molecule has 0 aromatic carbocycles. The van der Waals surface area contributed by atoms with Gasteiger partial charge in [-0.05, 0) is 25.7 Å². The Hall–Kier alpha value is 1.16. The second kappa shape index (κ2) is 7.55. The van der Waals surface area contributed by atoms with Gasteiger partial charge >= 0.3 is 0 Å². The van der Waals surface area contributed by atoms with E-state index in [9.17, 15) is 0 Å². The molecule has 12 heavy (non-hydrogen) atoms. The van der Waals surface area contributed by atoms with Crippen molar-refractivity contribution in [2.24, 2.45) is 0 Å². The van der Waals surface area contributed by atoms with Crippen molar-refractivity contribution >= 4 is 46.4 Å². The summed E-state index contributed by atoms with van der Waals surface area (Å²) in [4.78, 5) is -0.358. The zero-order chi connectivity index (χ0) is 9.56. The van der Waals surface area contributed by atoms with E-state index in [0.717, 1.165) is 19.3 Å². The minimum atomic E-state index is -0.358. The van der Waals surface area contributed by atoms with Gasteiger partial charge in [-0.15, -0.1) is 46.4 Å². The Bertz CT molecular complexity index is 105. The van der Waals surface area contributed by atoms with Gasteiger partial charge in [-0.3, -0.25) is 0 Å². The van der Waals surface area contributed by atoms with Gasteiger partial charge in [0, 0.05) is 10.8 Å². The number of hydrogen-bond donors (Lipinski definition) is 0.